The van der Waals surface area contributed by atoms with Crippen LogP contribution in [0.4, 0.5) is 8.78 Å². The molecule has 1 atom stereocenters. The van der Waals surface area contributed by atoms with E-state index < -0.39 is 11.6 Å². The summed E-state index contributed by atoms with van der Waals surface area (Å²) in [5, 5.41) is 4.25. The number of hydrazine groups is 1. The molecule has 0 saturated heterocycles. The molecule has 1 unspecified atom stereocenters. The normalized spacial score (nSPS) is 12.7. The Bertz CT molecular complexity index is 627. The van der Waals surface area contributed by atoms with Gasteiger partial charge >= 0.3 is 0 Å². The molecule has 0 aliphatic heterocycles. The lowest BCUT2D eigenvalue weighted by atomic mass is 10.0. The molecule has 0 aliphatic carbocycles. The van der Waals surface area contributed by atoms with Crippen molar-refractivity contribution >= 4 is 15.9 Å². The molecule has 0 aliphatic rings. The molecule has 0 spiro atoms. The first-order valence-electron chi connectivity index (χ1n) is 6.03. The molecule has 0 radical (unpaired) electrons. The average molecular weight is 345 g/mol. The number of rotatable bonds is 4. The van der Waals surface area contributed by atoms with E-state index in [-0.39, 0.29) is 10.5 Å². The van der Waals surface area contributed by atoms with E-state index in [4.69, 9.17) is 5.84 Å². The van der Waals surface area contributed by atoms with Gasteiger partial charge in [0.25, 0.3) is 0 Å². The lowest BCUT2D eigenvalue weighted by Crippen LogP contribution is -2.30. The highest BCUT2D eigenvalue weighted by atomic mass is 79.9. The molecule has 1 aromatic carbocycles. The zero-order valence-electron chi connectivity index (χ0n) is 11.1. The van der Waals surface area contributed by atoms with Crippen LogP contribution in [0.2, 0.25) is 0 Å². The Morgan fingerprint density at radius 2 is 2.15 bits per heavy atom. The first-order chi connectivity index (χ1) is 9.43. The van der Waals surface area contributed by atoms with E-state index in [9.17, 15) is 8.78 Å². The van der Waals surface area contributed by atoms with Gasteiger partial charge in [-0.1, -0.05) is 6.07 Å². The number of aromatic nitrogens is 2. The van der Waals surface area contributed by atoms with Gasteiger partial charge < -0.3 is 0 Å². The van der Waals surface area contributed by atoms with Crippen molar-refractivity contribution < 1.29 is 8.78 Å². The smallest absolute Gasteiger partial charge is 0.173 e. The first kappa shape index (κ1) is 15.1. The van der Waals surface area contributed by atoms with Crippen molar-refractivity contribution in [3.8, 4) is 0 Å². The van der Waals surface area contributed by atoms with Crippen LogP contribution < -0.4 is 11.3 Å². The summed E-state index contributed by atoms with van der Waals surface area (Å²) in [5.41, 5.74) is 5.03. The van der Waals surface area contributed by atoms with E-state index in [1.807, 2.05) is 20.0 Å². The fraction of sp³-hybridized carbons (Fsp3) is 0.308. The van der Waals surface area contributed by atoms with Gasteiger partial charge in [0.2, 0.25) is 0 Å². The molecule has 20 heavy (non-hydrogen) atoms. The molecule has 2 aromatic rings. The highest BCUT2D eigenvalue weighted by Crippen LogP contribution is 2.29. The maximum atomic E-state index is 13.6. The van der Waals surface area contributed by atoms with Gasteiger partial charge in [-0.25, -0.2) is 8.78 Å². The zero-order valence-corrected chi connectivity index (χ0v) is 12.7. The Kier molecular flexibility index (Phi) is 4.52. The summed E-state index contributed by atoms with van der Waals surface area (Å²) in [5.74, 6) is 3.74. The number of benzene rings is 1. The Balaban J connectivity index is 2.34. The van der Waals surface area contributed by atoms with Crippen molar-refractivity contribution in [2.24, 2.45) is 12.9 Å². The number of halogens is 3. The van der Waals surface area contributed by atoms with Crippen molar-refractivity contribution in [2.45, 2.75) is 19.4 Å². The Hall–Kier alpha value is -1.31. The third kappa shape index (κ3) is 2.89. The van der Waals surface area contributed by atoms with Gasteiger partial charge in [0.15, 0.2) is 11.6 Å². The van der Waals surface area contributed by atoms with Gasteiger partial charge in [-0.3, -0.25) is 16.0 Å². The molecular weight excluding hydrogens is 330 g/mol. The minimum atomic E-state index is -0.913. The van der Waals surface area contributed by atoms with Gasteiger partial charge in [-0.15, -0.1) is 0 Å². The topological polar surface area (TPSA) is 55.9 Å². The van der Waals surface area contributed by atoms with E-state index >= 15 is 0 Å². The van der Waals surface area contributed by atoms with Crippen molar-refractivity contribution in [3.63, 3.8) is 0 Å². The van der Waals surface area contributed by atoms with Crippen LogP contribution in [0, 0.1) is 18.6 Å². The molecule has 1 aromatic heterocycles. The van der Waals surface area contributed by atoms with E-state index in [1.54, 1.807) is 4.68 Å². The van der Waals surface area contributed by atoms with Crippen LogP contribution in [0.5, 0.6) is 0 Å². The summed E-state index contributed by atoms with van der Waals surface area (Å²) in [6.07, 6.45) is 0.511. The minimum absolute atomic E-state index is 0.0827. The maximum absolute atomic E-state index is 13.6. The highest BCUT2D eigenvalue weighted by molar-refractivity contribution is 9.10. The largest absolute Gasteiger partial charge is 0.272 e. The van der Waals surface area contributed by atoms with Gasteiger partial charge in [-0.2, -0.15) is 5.10 Å². The Labute approximate surface area is 124 Å². The SMILES string of the molecule is Cc1cc(CC(NN)c2ccc(F)c(F)c2Br)n(C)n1. The number of hydrogen-bond donors (Lipinski definition) is 2. The summed E-state index contributed by atoms with van der Waals surface area (Å²) >= 11 is 3.08. The monoisotopic (exact) mass is 344 g/mol. The number of nitrogens with two attached hydrogens (primary N) is 1. The second-order valence-electron chi connectivity index (χ2n) is 4.59. The van der Waals surface area contributed by atoms with Crippen molar-refractivity contribution in [1.29, 1.82) is 0 Å². The average Bonchev–Trinajstić information content (AvgIpc) is 2.72. The molecular formula is C13H15BrF2N4. The van der Waals surface area contributed by atoms with Gasteiger partial charge in [0.05, 0.1) is 16.2 Å². The van der Waals surface area contributed by atoms with E-state index in [2.05, 4.69) is 26.5 Å². The Morgan fingerprint density at radius 3 is 2.70 bits per heavy atom. The van der Waals surface area contributed by atoms with Crippen LogP contribution in [-0.4, -0.2) is 9.78 Å². The quantitative estimate of drug-likeness (QED) is 0.509. The lowest BCUT2D eigenvalue weighted by Gasteiger charge is -2.18. The van der Waals surface area contributed by atoms with Gasteiger partial charge in [0, 0.05) is 19.2 Å². The molecule has 0 saturated carbocycles. The molecule has 1 heterocycles. The third-order valence-corrected chi connectivity index (χ3v) is 3.96. The lowest BCUT2D eigenvalue weighted by molar-refractivity contribution is 0.487. The first-order valence-corrected chi connectivity index (χ1v) is 6.82. The second-order valence-corrected chi connectivity index (χ2v) is 5.38. The van der Waals surface area contributed by atoms with Gasteiger partial charge in [-0.05, 0) is 40.5 Å². The van der Waals surface area contributed by atoms with Crippen LogP contribution >= 0.6 is 15.9 Å². The van der Waals surface area contributed by atoms with Gasteiger partial charge in [0.1, 0.15) is 0 Å². The number of nitrogens with one attached hydrogen (secondary N) is 1. The summed E-state index contributed by atoms with van der Waals surface area (Å²) < 4.78 is 28.6. The molecule has 3 N–H and O–H groups in total. The molecule has 0 fully saturated rings. The number of nitrogens with zero attached hydrogens (tertiary/aromatic N) is 2. The molecule has 0 amide bonds. The van der Waals surface area contributed by atoms with E-state index in [1.165, 1.54) is 6.07 Å². The maximum Gasteiger partial charge on any atom is 0.173 e. The molecule has 2 rings (SSSR count). The van der Waals surface area contributed by atoms with E-state index in [0.29, 0.717) is 12.0 Å². The van der Waals surface area contributed by atoms with Crippen LogP contribution in [-0.2, 0) is 13.5 Å². The second kappa shape index (κ2) is 5.99. The molecule has 4 nitrogen and oxygen atoms in total. The van der Waals surface area contributed by atoms with Crippen molar-refractivity contribution in [2.75, 3.05) is 0 Å². The summed E-state index contributed by atoms with van der Waals surface area (Å²) in [6, 6.07) is 4.18. The standard InChI is InChI=1S/C13H15BrF2N4/c1-7-5-8(20(2)19-7)6-11(18-17)9-3-4-10(15)13(16)12(9)14/h3-5,11,18H,6,17H2,1-2H3. The summed E-state index contributed by atoms with van der Waals surface area (Å²) in [6.45, 7) is 1.89. The molecule has 7 heteroatoms. The predicted octanol–water partition coefficient (Wildman–Crippen LogP) is 2.52. The van der Waals surface area contributed by atoms with Crippen LogP contribution in [0.15, 0.2) is 22.7 Å². The fourth-order valence-corrected chi connectivity index (χ4v) is 2.73. The van der Waals surface area contributed by atoms with Crippen LogP contribution in [0.3, 0.4) is 0 Å². The predicted molar refractivity (Wildman–Crippen MR) is 75.8 cm³/mol. The zero-order chi connectivity index (χ0) is 14.9. The molecule has 108 valence electrons. The fourth-order valence-electron chi connectivity index (χ4n) is 2.13. The van der Waals surface area contributed by atoms with Crippen LogP contribution in [0.25, 0.3) is 0 Å². The third-order valence-electron chi connectivity index (χ3n) is 3.15. The van der Waals surface area contributed by atoms with Crippen molar-refractivity contribution in [3.05, 3.63) is 51.3 Å². The summed E-state index contributed by atoms with van der Waals surface area (Å²) in [7, 11) is 1.83. The Morgan fingerprint density at radius 1 is 1.45 bits per heavy atom. The highest BCUT2D eigenvalue weighted by Gasteiger charge is 2.20. The molecule has 0 bridgehead atoms. The number of hydrogen-bond acceptors (Lipinski definition) is 3. The van der Waals surface area contributed by atoms with Crippen LogP contribution in [0.1, 0.15) is 23.0 Å². The van der Waals surface area contributed by atoms with Crippen molar-refractivity contribution in [1.82, 2.24) is 15.2 Å². The summed E-state index contributed by atoms with van der Waals surface area (Å²) in [4.78, 5) is 0. The number of aryl methyl sites for hydroxylation is 2. The minimum Gasteiger partial charge on any atom is -0.272 e. The van der Waals surface area contributed by atoms with E-state index in [0.717, 1.165) is 17.5 Å².